The van der Waals surface area contributed by atoms with E-state index in [1.165, 1.54) is 6.92 Å². The molecule has 0 aliphatic rings. The lowest BCUT2D eigenvalue weighted by molar-refractivity contribution is -0.142. The highest BCUT2D eigenvalue weighted by molar-refractivity contribution is 5.96. The van der Waals surface area contributed by atoms with Gasteiger partial charge in [0.15, 0.2) is 0 Å². The number of nitrogens with two attached hydrogens (primary N) is 2. The quantitative estimate of drug-likeness (QED) is 0.0571. The Kier molecular flexibility index (Phi) is 18.3. The van der Waals surface area contributed by atoms with E-state index in [2.05, 4.69) is 26.6 Å². The molecule has 0 spiro atoms. The van der Waals surface area contributed by atoms with Crippen LogP contribution < -0.4 is 38.1 Å². The highest BCUT2D eigenvalue weighted by Gasteiger charge is 2.32. The van der Waals surface area contributed by atoms with E-state index in [1.54, 1.807) is 44.2 Å². The molecule has 6 amide bonds. The van der Waals surface area contributed by atoms with Gasteiger partial charge in [0.2, 0.25) is 35.4 Å². The summed E-state index contributed by atoms with van der Waals surface area (Å²) in [6.07, 6.45) is -2.39. The second-order valence-electron chi connectivity index (χ2n) is 12.3. The van der Waals surface area contributed by atoms with Crippen molar-refractivity contribution in [3.8, 4) is 0 Å². The maximum atomic E-state index is 13.6. The van der Waals surface area contributed by atoms with Crippen LogP contribution in [-0.4, -0.2) is 105 Å². The minimum Gasteiger partial charge on any atom is -0.481 e. The van der Waals surface area contributed by atoms with Crippen LogP contribution in [0.3, 0.4) is 0 Å². The van der Waals surface area contributed by atoms with Crippen LogP contribution in [0.15, 0.2) is 30.3 Å². The van der Waals surface area contributed by atoms with E-state index in [4.69, 9.17) is 21.7 Å². The lowest BCUT2D eigenvalue weighted by Crippen LogP contribution is -2.59. The fraction of sp³-hybridized carbons (Fsp3) is 0.531. The van der Waals surface area contributed by atoms with Gasteiger partial charge < -0.3 is 53.4 Å². The van der Waals surface area contributed by atoms with Gasteiger partial charge in [0.25, 0.3) is 0 Å². The summed E-state index contributed by atoms with van der Waals surface area (Å²) in [5, 5.41) is 39.4. The molecule has 0 radical (unpaired) electrons. The molecule has 19 heteroatoms. The lowest BCUT2D eigenvalue weighted by atomic mass is 10.0. The molecule has 0 fully saturated rings. The van der Waals surface area contributed by atoms with Crippen LogP contribution in [0.5, 0.6) is 0 Å². The molecule has 1 aromatic rings. The number of carboxylic acid groups (broad SMARTS) is 3. The van der Waals surface area contributed by atoms with Crippen molar-refractivity contribution in [2.75, 3.05) is 0 Å². The van der Waals surface area contributed by atoms with Crippen molar-refractivity contribution in [1.29, 1.82) is 0 Å². The van der Waals surface area contributed by atoms with Gasteiger partial charge in [-0.15, -0.1) is 0 Å². The Morgan fingerprint density at radius 2 is 1.14 bits per heavy atom. The van der Waals surface area contributed by atoms with Crippen LogP contribution in [0.4, 0.5) is 0 Å². The summed E-state index contributed by atoms with van der Waals surface area (Å²) in [6.45, 7) is 4.77. The Labute approximate surface area is 293 Å². The van der Waals surface area contributed by atoms with Crippen molar-refractivity contribution >= 4 is 53.4 Å². The van der Waals surface area contributed by atoms with Gasteiger partial charge in [0.05, 0.1) is 12.5 Å². The van der Waals surface area contributed by atoms with Crippen molar-refractivity contribution in [3.05, 3.63) is 35.9 Å². The van der Waals surface area contributed by atoms with Crippen LogP contribution in [-0.2, 0) is 49.6 Å². The number of primary amides is 1. The Bertz CT molecular complexity index is 1420. The number of rotatable bonds is 23. The highest BCUT2D eigenvalue weighted by Crippen LogP contribution is 2.10. The first-order valence-electron chi connectivity index (χ1n) is 16.1. The van der Waals surface area contributed by atoms with Crippen molar-refractivity contribution < 1.29 is 58.5 Å². The maximum absolute atomic E-state index is 13.6. The first-order chi connectivity index (χ1) is 23.8. The third-order valence-corrected chi connectivity index (χ3v) is 7.31. The second-order valence-corrected chi connectivity index (χ2v) is 12.3. The van der Waals surface area contributed by atoms with E-state index in [0.29, 0.717) is 5.56 Å². The van der Waals surface area contributed by atoms with Crippen molar-refractivity contribution in [3.63, 3.8) is 0 Å². The fourth-order valence-corrected chi connectivity index (χ4v) is 4.62. The van der Waals surface area contributed by atoms with Gasteiger partial charge in [0, 0.05) is 19.3 Å². The SMILES string of the molecule is CC(C)C[C@H](NC(=O)[C@H](C)NC(=O)[C@H](CCC(=O)O)NC(=O)[C@@H](N)CC(=O)O)C(=O)N[C@@H](Cc1ccccc1)C(=O)N[C@@H](CCC(N)=O)C(=O)O. The number of nitrogens with one attached hydrogen (secondary N) is 5. The number of hydrogen-bond donors (Lipinski definition) is 10. The minimum absolute atomic E-state index is 0.0625. The first kappa shape index (κ1) is 43.4. The van der Waals surface area contributed by atoms with E-state index >= 15 is 0 Å². The van der Waals surface area contributed by atoms with Gasteiger partial charge >= 0.3 is 17.9 Å². The number of aliphatic carboxylic acids is 3. The van der Waals surface area contributed by atoms with Gasteiger partial charge in [-0.25, -0.2) is 4.79 Å². The average molecular weight is 722 g/mol. The number of carboxylic acids is 3. The van der Waals surface area contributed by atoms with E-state index in [1.807, 2.05) is 0 Å². The highest BCUT2D eigenvalue weighted by atomic mass is 16.4. The maximum Gasteiger partial charge on any atom is 0.326 e. The topological polar surface area (TPSA) is 327 Å². The molecule has 1 rings (SSSR count). The zero-order chi connectivity index (χ0) is 38.8. The second kappa shape index (κ2) is 21.5. The molecule has 1 aromatic carbocycles. The van der Waals surface area contributed by atoms with E-state index < -0.39 is 109 Å². The average Bonchev–Trinajstić information content (AvgIpc) is 3.03. The summed E-state index contributed by atoms with van der Waals surface area (Å²) < 4.78 is 0. The number of hydrogen-bond acceptors (Lipinski definition) is 10. The third kappa shape index (κ3) is 17.1. The summed E-state index contributed by atoms with van der Waals surface area (Å²) in [6, 6.07) is -0.00594. The largest absolute Gasteiger partial charge is 0.481 e. The molecule has 0 bridgehead atoms. The third-order valence-electron chi connectivity index (χ3n) is 7.31. The van der Waals surface area contributed by atoms with E-state index in [9.17, 15) is 48.3 Å². The molecule has 12 N–H and O–H groups in total. The van der Waals surface area contributed by atoms with Gasteiger partial charge in [-0.3, -0.25) is 38.4 Å². The Morgan fingerprint density at radius 1 is 0.627 bits per heavy atom. The monoisotopic (exact) mass is 721 g/mol. The molecule has 19 nitrogen and oxygen atoms in total. The van der Waals surface area contributed by atoms with Gasteiger partial charge in [-0.05, 0) is 37.7 Å². The molecule has 0 saturated heterocycles. The van der Waals surface area contributed by atoms with Crippen LogP contribution >= 0.6 is 0 Å². The van der Waals surface area contributed by atoms with Gasteiger partial charge in [-0.2, -0.15) is 0 Å². The predicted molar refractivity (Wildman–Crippen MR) is 178 cm³/mol. The summed E-state index contributed by atoms with van der Waals surface area (Å²) in [5.74, 6) is -9.63. The molecule has 51 heavy (non-hydrogen) atoms. The summed E-state index contributed by atoms with van der Waals surface area (Å²) in [4.78, 5) is 111. The zero-order valence-electron chi connectivity index (χ0n) is 28.5. The number of benzene rings is 1. The molecule has 0 aliphatic heterocycles. The van der Waals surface area contributed by atoms with Crippen molar-refractivity contribution in [1.82, 2.24) is 26.6 Å². The Balaban J connectivity index is 3.17. The standard InChI is InChI=1S/C32H47N7O12/c1-16(2)13-22(38-27(45)17(3)35-29(47)20(10-12-25(41)42)36-28(46)19(33)15-26(43)44)30(48)39-23(14-18-7-5-4-6-8-18)31(49)37-21(32(50)51)9-11-24(34)40/h4-8,16-17,19-23H,9-15,33H2,1-3H3,(H2,34,40)(H,35,47)(H,36,46)(H,37,49)(H,38,45)(H,39,48)(H,41,42)(H,43,44)(H,50,51)/t17-,19-,20-,21-,22-,23-/m0/s1. The normalized spacial score (nSPS) is 14.4. The van der Waals surface area contributed by atoms with Gasteiger partial charge in [-0.1, -0.05) is 44.2 Å². The van der Waals surface area contributed by atoms with E-state index in [-0.39, 0.29) is 31.6 Å². The first-order valence-corrected chi connectivity index (χ1v) is 16.1. The molecule has 0 saturated carbocycles. The van der Waals surface area contributed by atoms with Crippen LogP contribution in [0.25, 0.3) is 0 Å². The molecular weight excluding hydrogens is 674 g/mol. The molecular formula is C32H47N7O12. The zero-order valence-corrected chi connectivity index (χ0v) is 28.5. The minimum atomic E-state index is -1.54. The molecule has 0 unspecified atom stereocenters. The molecule has 0 aromatic heterocycles. The van der Waals surface area contributed by atoms with Crippen LogP contribution in [0.2, 0.25) is 0 Å². The smallest absolute Gasteiger partial charge is 0.326 e. The molecule has 282 valence electrons. The molecule has 0 aliphatic carbocycles. The summed E-state index contributed by atoms with van der Waals surface area (Å²) >= 11 is 0. The van der Waals surface area contributed by atoms with Gasteiger partial charge in [0.1, 0.15) is 30.2 Å². The summed E-state index contributed by atoms with van der Waals surface area (Å²) in [5.41, 5.74) is 11.3. The molecule has 0 heterocycles. The van der Waals surface area contributed by atoms with Crippen LogP contribution in [0, 0.1) is 5.92 Å². The predicted octanol–water partition coefficient (Wildman–Crippen LogP) is -2.26. The van der Waals surface area contributed by atoms with Crippen molar-refractivity contribution in [2.45, 2.75) is 102 Å². The molecule has 6 atom stereocenters. The Hall–Kier alpha value is -5.59. The number of carbonyl (C=O) groups is 9. The Morgan fingerprint density at radius 3 is 1.67 bits per heavy atom. The number of carbonyl (C=O) groups excluding carboxylic acids is 6. The fourth-order valence-electron chi connectivity index (χ4n) is 4.62. The van der Waals surface area contributed by atoms with E-state index in [0.717, 1.165) is 0 Å². The number of amides is 6. The van der Waals surface area contributed by atoms with Crippen molar-refractivity contribution in [2.24, 2.45) is 17.4 Å². The van der Waals surface area contributed by atoms with Crippen LogP contribution in [0.1, 0.15) is 64.9 Å². The lowest BCUT2D eigenvalue weighted by Gasteiger charge is -2.27. The summed E-state index contributed by atoms with van der Waals surface area (Å²) in [7, 11) is 0.